The van der Waals surface area contributed by atoms with E-state index in [1.54, 1.807) is 12.1 Å². The Balaban J connectivity index is 1.38. The fourth-order valence-electron chi connectivity index (χ4n) is 3.29. The zero-order chi connectivity index (χ0) is 19.1. The number of rotatable bonds is 4. The van der Waals surface area contributed by atoms with Gasteiger partial charge in [0.2, 0.25) is 12.7 Å². The molecule has 8 nitrogen and oxygen atoms in total. The Morgan fingerprint density at radius 1 is 1.11 bits per heavy atom. The number of amides is 1. The van der Waals surface area contributed by atoms with Crippen molar-refractivity contribution in [3.63, 3.8) is 0 Å². The summed E-state index contributed by atoms with van der Waals surface area (Å²) >= 11 is 0. The van der Waals surface area contributed by atoms with Crippen molar-refractivity contribution in [1.29, 1.82) is 0 Å². The van der Waals surface area contributed by atoms with E-state index in [9.17, 15) is 9.59 Å². The minimum atomic E-state index is -0.472. The first-order valence-corrected chi connectivity index (χ1v) is 8.71. The molecule has 5 rings (SSSR count). The Bertz CT molecular complexity index is 1270. The first-order valence-electron chi connectivity index (χ1n) is 8.71. The van der Waals surface area contributed by atoms with Crippen molar-refractivity contribution in [3.8, 4) is 11.5 Å². The van der Waals surface area contributed by atoms with E-state index in [1.165, 1.54) is 10.9 Å². The van der Waals surface area contributed by atoms with Gasteiger partial charge in [0.1, 0.15) is 17.5 Å². The predicted molar refractivity (Wildman–Crippen MR) is 100 cm³/mol. The van der Waals surface area contributed by atoms with Crippen molar-refractivity contribution in [2.75, 3.05) is 6.79 Å². The maximum Gasteiger partial charge on any atom is 0.347 e. The highest BCUT2D eigenvalue weighted by atomic mass is 16.7. The number of aromatic nitrogens is 2. The minimum Gasteiger partial charge on any atom is -0.454 e. The zero-order valence-corrected chi connectivity index (χ0v) is 14.7. The highest BCUT2D eigenvalue weighted by Crippen LogP contribution is 2.32. The van der Waals surface area contributed by atoms with Crippen LogP contribution in [0, 0.1) is 0 Å². The SMILES string of the molecule is O=C(Cn1ncc2c(=O)oc3ccccc3c21)NCc1ccc2c(c1)OCO2. The molecule has 1 aliphatic heterocycles. The van der Waals surface area contributed by atoms with E-state index in [4.69, 9.17) is 13.9 Å². The molecule has 0 atom stereocenters. The van der Waals surface area contributed by atoms with Crippen molar-refractivity contribution < 1.29 is 18.7 Å². The van der Waals surface area contributed by atoms with Gasteiger partial charge in [-0.25, -0.2) is 4.79 Å². The molecule has 140 valence electrons. The van der Waals surface area contributed by atoms with Crippen LogP contribution in [0.4, 0.5) is 0 Å². The number of fused-ring (bicyclic) bond motifs is 4. The van der Waals surface area contributed by atoms with E-state index in [2.05, 4.69) is 10.4 Å². The summed E-state index contributed by atoms with van der Waals surface area (Å²) in [6.45, 7) is 0.540. The van der Waals surface area contributed by atoms with E-state index in [0.29, 0.717) is 34.5 Å². The second kappa shape index (κ2) is 6.41. The van der Waals surface area contributed by atoms with E-state index in [0.717, 1.165) is 10.9 Å². The lowest BCUT2D eigenvalue weighted by Crippen LogP contribution is -2.27. The third kappa shape index (κ3) is 2.75. The number of nitrogens with zero attached hydrogens (tertiary/aromatic N) is 2. The minimum absolute atomic E-state index is 0.0124. The molecule has 1 N–H and O–H groups in total. The molecule has 0 spiro atoms. The molecule has 0 unspecified atom stereocenters. The van der Waals surface area contributed by atoms with Gasteiger partial charge < -0.3 is 19.2 Å². The molecular weight excluding hydrogens is 362 g/mol. The number of hydrogen-bond acceptors (Lipinski definition) is 6. The highest BCUT2D eigenvalue weighted by Gasteiger charge is 2.16. The second-order valence-corrected chi connectivity index (χ2v) is 6.41. The Kier molecular flexibility index (Phi) is 3.75. The quantitative estimate of drug-likeness (QED) is 0.548. The summed E-state index contributed by atoms with van der Waals surface area (Å²) in [4.78, 5) is 24.6. The molecule has 8 heteroatoms. The largest absolute Gasteiger partial charge is 0.454 e. The lowest BCUT2D eigenvalue weighted by molar-refractivity contribution is -0.121. The van der Waals surface area contributed by atoms with Crippen LogP contribution in [-0.4, -0.2) is 22.5 Å². The van der Waals surface area contributed by atoms with Gasteiger partial charge in [0.05, 0.1) is 11.7 Å². The predicted octanol–water partition coefficient (Wildman–Crippen LogP) is 2.19. The van der Waals surface area contributed by atoms with Gasteiger partial charge >= 0.3 is 5.63 Å². The summed E-state index contributed by atoms with van der Waals surface area (Å²) in [5.74, 6) is 1.15. The molecule has 0 bridgehead atoms. The fraction of sp³-hybridized carbons (Fsp3) is 0.150. The number of benzene rings is 2. The van der Waals surface area contributed by atoms with Crippen LogP contribution in [0.15, 0.2) is 57.9 Å². The molecule has 1 amide bonds. The number of para-hydroxylation sites is 1. The van der Waals surface area contributed by atoms with Gasteiger partial charge in [0, 0.05) is 11.9 Å². The van der Waals surface area contributed by atoms with Crippen molar-refractivity contribution in [2.45, 2.75) is 13.1 Å². The van der Waals surface area contributed by atoms with Gasteiger partial charge in [-0.05, 0) is 29.8 Å². The van der Waals surface area contributed by atoms with E-state index >= 15 is 0 Å². The summed E-state index contributed by atoms with van der Waals surface area (Å²) in [6, 6.07) is 12.7. The third-order valence-corrected chi connectivity index (χ3v) is 4.62. The molecule has 1 aliphatic rings. The summed E-state index contributed by atoms with van der Waals surface area (Å²) in [7, 11) is 0. The van der Waals surface area contributed by atoms with Crippen molar-refractivity contribution >= 4 is 27.8 Å². The van der Waals surface area contributed by atoms with E-state index < -0.39 is 5.63 Å². The average molecular weight is 377 g/mol. The molecule has 2 aromatic heterocycles. The Labute approximate surface area is 158 Å². The lowest BCUT2D eigenvalue weighted by atomic mass is 10.2. The van der Waals surface area contributed by atoms with Crippen LogP contribution < -0.4 is 20.4 Å². The van der Waals surface area contributed by atoms with Gasteiger partial charge in [0.25, 0.3) is 0 Å². The Morgan fingerprint density at radius 2 is 1.96 bits per heavy atom. The summed E-state index contributed by atoms with van der Waals surface area (Å²) < 4.78 is 17.4. The summed E-state index contributed by atoms with van der Waals surface area (Å²) in [6.07, 6.45) is 1.43. The van der Waals surface area contributed by atoms with Crippen LogP contribution in [0.2, 0.25) is 0 Å². The molecular formula is C20H15N3O5. The molecule has 0 aliphatic carbocycles. The maximum atomic E-state index is 12.5. The molecule has 28 heavy (non-hydrogen) atoms. The summed E-state index contributed by atoms with van der Waals surface area (Å²) in [5.41, 5.74) is 1.47. The van der Waals surface area contributed by atoms with Crippen LogP contribution >= 0.6 is 0 Å². The number of carbonyl (C=O) groups is 1. The van der Waals surface area contributed by atoms with Crippen molar-refractivity contribution in [3.05, 3.63) is 64.6 Å². The van der Waals surface area contributed by atoms with Crippen LogP contribution in [-0.2, 0) is 17.9 Å². The number of nitrogens with one attached hydrogen (secondary N) is 1. The second-order valence-electron chi connectivity index (χ2n) is 6.41. The zero-order valence-electron chi connectivity index (χ0n) is 14.7. The number of ether oxygens (including phenoxy) is 2. The topological polar surface area (TPSA) is 95.6 Å². The molecule has 2 aromatic carbocycles. The monoisotopic (exact) mass is 377 g/mol. The first kappa shape index (κ1) is 16.4. The smallest absolute Gasteiger partial charge is 0.347 e. The number of hydrogen-bond donors (Lipinski definition) is 1. The number of carbonyl (C=O) groups excluding carboxylic acids is 1. The van der Waals surface area contributed by atoms with Gasteiger partial charge in [-0.15, -0.1) is 0 Å². The molecule has 0 saturated heterocycles. The first-order chi connectivity index (χ1) is 13.7. The molecule has 4 aromatic rings. The Hall–Kier alpha value is -3.81. The fourth-order valence-corrected chi connectivity index (χ4v) is 3.29. The van der Waals surface area contributed by atoms with E-state index in [1.807, 2.05) is 30.3 Å². The standard InChI is InChI=1S/C20H15N3O5/c24-18(21-8-12-5-6-16-17(7-12)27-11-26-16)10-23-19-13-3-1-2-4-15(13)28-20(25)14(19)9-22-23/h1-7,9H,8,10-11H2,(H,21,24). The van der Waals surface area contributed by atoms with Crippen LogP contribution in [0.3, 0.4) is 0 Å². The molecule has 0 fully saturated rings. The normalized spacial score (nSPS) is 12.6. The molecule has 3 heterocycles. The highest BCUT2D eigenvalue weighted by molar-refractivity contribution is 6.02. The van der Waals surface area contributed by atoms with Gasteiger partial charge in [0.15, 0.2) is 11.5 Å². The third-order valence-electron chi connectivity index (χ3n) is 4.62. The summed E-state index contributed by atoms with van der Waals surface area (Å²) in [5, 5.41) is 8.15. The molecule has 0 saturated carbocycles. The van der Waals surface area contributed by atoms with Crippen LogP contribution in [0.25, 0.3) is 21.9 Å². The van der Waals surface area contributed by atoms with E-state index in [-0.39, 0.29) is 19.2 Å². The van der Waals surface area contributed by atoms with Gasteiger partial charge in [-0.2, -0.15) is 5.10 Å². The molecule has 0 radical (unpaired) electrons. The van der Waals surface area contributed by atoms with Gasteiger partial charge in [-0.3, -0.25) is 9.48 Å². The maximum absolute atomic E-state index is 12.5. The van der Waals surface area contributed by atoms with Crippen molar-refractivity contribution in [2.24, 2.45) is 0 Å². The average Bonchev–Trinajstić information content (AvgIpc) is 3.33. The van der Waals surface area contributed by atoms with Crippen LogP contribution in [0.5, 0.6) is 11.5 Å². The van der Waals surface area contributed by atoms with Crippen molar-refractivity contribution in [1.82, 2.24) is 15.1 Å². The van der Waals surface area contributed by atoms with Crippen LogP contribution in [0.1, 0.15) is 5.56 Å². The van der Waals surface area contributed by atoms with Gasteiger partial charge in [-0.1, -0.05) is 18.2 Å². The Morgan fingerprint density at radius 3 is 2.89 bits per heavy atom. The lowest BCUT2D eigenvalue weighted by Gasteiger charge is -2.08.